The second-order valence-corrected chi connectivity index (χ2v) is 2.32. The Balaban J connectivity index is 3.39. The minimum absolute atomic E-state index is 0.258. The highest BCUT2D eigenvalue weighted by Gasteiger charge is 1.99. The van der Waals surface area contributed by atoms with Crippen LogP contribution in [0.25, 0.3) is 0 Å². The number of carbonyl (C=O) groups is 1. The molecule has 2 heteroatoms. The largest absolute Gasteiger partial charge is 0.461 e. The highest BCUT2D eigenvalue weighted by molar-refractivity contribution is 5.69. The summed E-state index contributed by atoms with van der Waals surface area (Å²) in [5.41, 5.74) is 0.832. The standard InChI is InChI=1S/C9H12O2/c1-4-5-6-9(10)11-7-8(2)3/h1H,2,5-7H2,3H3. The van der Waals surface area contributed by atoms with Crippen molar-refractivity contribution in [2.75, 3.05) is 6.61 Å². The van der Waals surface area contributed by atoms with Crippen LogP contribution < -0.4 is 0 Å². The van der Waals surface area contributed by atoms with Crippen LogP contribution in [0.3, 0.4) is 0 Å². The Morgan fingerprint density at radius 2 is 2.36 bits per heavy atom. The molecule has 0 bridgehead atoms. The van der Waals surface area contributed by atoms with E-state index in [2.05, 4.69) is 12.5 Å². The van der Waals surface area contributed by atoms with Crippen LogP contribution in [0.2, 0.25) is 0 Å². The number of terminal acetylenes is 1. The molecular weight excluding hydrogens is 140 g/mol. The molecule has 0 saturated carbocycles. The number of hydrogen-bond acceptors (Lipinski definition) is 2. The maximum atomic E-state index is 10.7. The molecule has 0 aliphatic rings. The molecular formula is C9H12O2. The van der Waals surface area contributed by atoms with E-state index in [4.69, 9.17) is 11.2 Å². The molecule has 0 aromatic heterocycles. The summed E-state index contributed by atoms with van der Waals surface area (Å²) in [7, 11) is 0. The second-order valence-electron chi connectivity index (χ2n) is 2.32. The van der Waals surface area contributed by atoms with Gasteiger partial charge in [0.25, 0.3) is 0 Å². The predicted molar refractivity (Wildman–Crippen MR) is 43.8 cm³/mol. The Bertz CT molecular complexity index is 186. The Labute approximate surface area is 67.2 Å². The fraction of sp³-hybridized carbons (Fsp3) is 0.444. The van der Waals surface area contributed by atoms with Crippen LogP contribution >= 0.6 is 0 Å². The third kappa shape index (κ3) is 6.66. The van der Waals surface area contributed by atoms with Gasteiger partial charge in [0.1, 0.15) is 6.61 Å². The lowest BCUT2D eigenvalue weighted by atomic mass is 10.3. The van der Waals surface area contributed by atoms with Gasteiger partial charge < -0.3 is 4.74 Å². The highest BCUT2D eigenvalue weighted by Crippen LogP contribution is 1.94. The Kier molecular flexibility index (Phi) is 4.93. The molecule has 0 aliphatic carbocycles. The summed E-state index contributed by atoms with van der Waals surface area (Å²) in [5, 5.41) is 0. The van der Waals surface area contributed by atoms with Crippen LogP contribution in [-0.4, -0.2) is 12.6 Å². The van der Waals surface area contributed by atoms with E-state index in [0.717, 1.165) is 5.57 Å². The summed E-state index contributed by atoms with van der Waals surface area (Å²) in [6.45, 7) is 5.68. The van der Waals surface area contributed by atoms with Gasteiger partial charge >= 0.3 is 5.97 Å². The first-order chi connectivity index (χ1) is 5.16. The molecule has 0 N–H and O–H groups in total. The average molecular weight is 152 g/mol. The molecule has 0 rings (SSSR count). The van der Waals surface area contributed by atoms with Gasteiger partial charge in [-0.3, -0.25) is 4.79 Å². The summed E-state index contributed by atoms with van der Waals surface area (Å²) in [6, 6.07) is 0. The number of ether oxygens (including phenoxy) is 1. The molecule has 0 radical (unpaired) electrons. The Morgan fingerprint density at radius 3 is 2.82 bits per heavy atom. The average Bonchev–Trinajstić information content (AvgIpc) is 1.97. The van der Waals surface area contributed by atoms with Crippen molar-refractivity contribution < 1.29 is 9.53 Å². The van der Waals surface area contributed by atoms with Gasteiger partial charge in [0, 0.05) is 6.42 Å². The fourth-order valence-electron chi connectivity index (χ4n) is 0.450. The molecule has 0 unspecified atom stereocenters. The highest BCUT2D eigenvalue weighted by atomic mass is 16.5. The SMILES string of the molecule is C#CCCC(=O)OCC(=C)C. The van der Waals surface area contributed by atoms with Gasteiger partial charge in [-0.2, -0.15) is 0 Å². The lowest BCUT2D eigenvalue weighted by Gasteiger charge is -2.01. The first-order valence-electron chi connectivity index (χ1n) is 3.40. The molecule has 0 saturated heterocycles. The quantitative estimate of drug-likeness (QED) is 0.347. The first-order valence-corrected chi connectivity index (χ1v) is 3.40. The molecule has 0 aromatic rings. The maximum Gasteiger partial charge on any atom is 0.307 e. The molecule has 60 valence electrons. The third-order valence-electron chi connectivity index (χ3n) is 0.953. The molecule has 11 heavy (non-hydrogen) atoms. The van der Waals surface area contributed by atoms with E-state index in [0.29, 0.717) is 19.4 Å². The van der Waals surface area contributed by atoms with Gasteiger partial charge in [-0.15, -0.1) is 12.3 Å². The summed E-state index contributed by atoms with van der Waals surface area (Å²) in [4.78, 5) is 10.7. The smallest absolute Gasteiger partial charge is 0.307 e. The van der Waals surface area contributed by atoms with Crippen LogP contribution in [0, 0.1) is 12.3 Å². The van der Waals surface area contributed by atoms with Gasteiger partial charge in [-0.25, -0.2) is 0 Å². The number of rotatable bonds is 4. The van der Waals surface area contributed by atoms with Gasteiger partial charge in [0.05, 0.1) is 6.42 Å². The third-order valence-corrected chi connectivity index (χ3v) is 0.953. The van der Waals surface area contributed by atoms with E-state index < -0.39 is 0 Å². The predicted octanol–water partition coefficient (Wildman–Crippen LogP) is 1.52. The lowest BCUT2D eigenvalue weighted by Crippen LogP contribution is -2.05. The van der Waals surface area contributed by atoms with Crippen LogP contribution in [0.15, 0.2) is 12.2 Å². The van der Waals surface area contributed by atoms with Crippen molar-refractivity contribution in [2.45, 2.75) is 19.8 Å². The van der Waals surface area contributed by atoms with Crippen molar-refractivity contribution in [3.8, 4) is 12.3 Å². The van der Waals surface area contributed by atoms with Gasteiger partial charge in [-0.1, -0.05) is 6.58 Å². The molecule has 2 nitrogen and oxygen atoms in total. The second kappa shape index (κ2) is 5.55. The zero-order valence-corrected chi connectivity index (χ0v) is 6.72. The molecule has 0 fully saturated rings. The lowest BCUT2D eigenvalue weighted by molar-refractivity contribution is -0.142. The van der Waals surface area contributed by atoms with Crippen LogP contribution in [0.1, 0.15) is 19.8 Å². The molecule has 0 aromatic carbocycles. The van der Waals surface area contributed by atoms with Crippen molar-refractivity contribution in [3.63, 3.8) is 0 Å². The van der Waals surface area contributed by atoms with Crippen molar-refractivity contribution in [3.05, 3.63) is 12.2 Å². The molecule has 0 aliphatic heterocycles. The zero-order valence-electron chi connectivity index (χ0n) is 6.72. The fourth-order valence-corrected chi connectivity index (χ4v) is 0.450. The number of hydrogen-bond donors (Lipinski definition) is 0. The monoisotopic (exact) mass is 152 g/mol. The normalized spacial score (nSPS) is 8.36. The van der Waals surface area contributed by atoms with Gasteiger partial charge in [0.15, 0.2) is 0 Å². The Morgan fingerprint density at radius 1 is 1.73 bits per heavy atom. The van der Waals surface area contributed by atoms with E-state index in [1.54, 1.807) is 6.92 Å². The van der Waals surface area contributed by atoms with E-state index in [-0.39, 0.29) is 5.97 Å². The van der Waals surface area contributed by atoms with Crippen molar-refractivity contribution in [1.82, 2.24) is 0 Å². The Hall–Kier alpha value is -1.23. The maximum absolute atomic E-state index is 10.7. The molecule has 0 spiro atoms. The van der Waals surface area contributed by atoms with Gasteiger partial charge in [-0.05, 0) is 12.5 Å². The minimum atomic E-state index is -0.258. The molecule has 0 atom stereocenters. The number of carbonyl (C=O) groups excluding carboxylic acids is 1. The van der Waals surface area contributed by atoms with E-state index in [1.165, 1.54) is 0 Å². The minimum Gasteiger partial charge on any atom is -0.461 e. The van der Waals surface area contributed by atoms with E-state index in [9.17, 15) is 4.79 Å². The molecule has 0 heterocycles. The summed E-state index contributed by atoms with van der Waals surface area (Å²) < 4.78 is 4.77. The van der Waals surface area contributed by atoms with Crippen molar-refractivity contribution >= 4 is 5.97 Å². The van der Waals surface area contributed by atoms with E-state index in [1.807, 2.05) is 0 Å². The summed E-state index contributed by atoms with van der Waals surface area (Å²) in [5.74, 6) is 2.10. The van der Waals surface area contributed by atoms with E-state index >= 15 is 0 Å². The number of esters is 1. The van der Waals surface area contributed by atoms with Crippen molar-refractivity contribution in [1.29, 1.82) is 0 Å². The topological polar surface area (TPSA) is 26.3 Å². The summed E-state index contributed by atoms with van der Waals surface area (Å²) >= 11 is 0. The summed E-state index contributed by atoms with van der Waals surface area (Å²) in [6.07, 6.45) is 5.69. The first kappa shape index (κ1) is 9.77. The van der Waals surface area contributed by atoms with Crippen molar-refractivity contribution in [2.24, 2.45) is 0 Å². The zero-order chi connectivity index (χ0) is 8.69. The van der Waals surface area contributed by atoms with Crippen LogP contribution in [0.4, 0.5) is 0 Å². The molecule has 0 amide bonds. The van der Waals surface area contributed by atoms with Crippen LogP contribution in [-0.2, 0) is 9.53 Å². The van der Waals surface area contributed by atoms with Gasteiger partial charge in [0.2, 0.25) is 0 Å². The van der Waals surface area contributed by atoms with Crippen LogP contribution in [0.5, 0.6) is 0 Å².